The Morgan fingerprint density at radius 2 is 1.75 bits per heavy atom. The topological polar surface area (TPSA) is 63.0 Å². The van der Waals surface area contributed by atoms with Gasteiger partial charge in [-0.25, -0.2) is 0 Å². The molecule has 0 saturated carbocycles. The molecule has 148 valence electrons. The zero-order valence-corrected chi connectivity index (χ0v) is 17.1. The van der Waals surface area contributed by atoms with Crippen LogP contribution in [0.5, 0.6) is 0 Å². The zero-order chi connectivity index (χ0) is 19.8. The summed E-state index contributed by atoms with van der Waals surface area (Å²) >= 11 is 12.1. The lowest BCUT2D eigenvalue weighted by molar-refractivity contribution is 0.283. The Morgan fingerprint density at radius 1 is 0.929 bits per heavy atom. The van der Waals surface area contributed by atoms with Crippen LogP contribution in [0.2, 0.25) is 10.0 Å². The number of rotatable bonds is 10. The van der Waals surface area contributed by atoms with E-state index in [2.05, 4.69) is 5.32 Å². The second-order valence-electron chi connectivity index (χ2n) is 6.60. The minimum Gasteiger partial charge on any atom is -0.396 e. The lowest BCUT2D eigenvalue weighted by Gasteiger charge is -2.04. The van der Waals surface area contributed by atoms with E-state index in [4.69, 9.17) is 38.5 Å². The van der Waals surface area contributed by atoms with E-state index in [1.807, 2.05) is 42.5 Å². The molecule has 28 heavy (non-hydrogen) atoms. The fourth-order valence-electron chi connectivity index (χ4n) is 2.94. The van der Waals surface area contributed by atoms with Crippen molar-refractivity contribution in [2.75, 3.05) is 13.2 Å². The number of unbranched alkanes of at least 4 members (excludes halogenated alkanes) is 2. The molecular formula is C21H24Cl2N4O. The van der Waals surface area contributed by atoms with Gasteiger partial charge in [-0.3, -0.25) is 0 Å². The minimum atomic E-state index is 0.251. The van der Waals surface area contributed by atoms with Crippen molar-refractivity contribution in [2.45, 2.75) is 32.4 Å². The molecule has 3 aromatic rings. The SMILES string of the molecule is OCCCCCNCc1nn(Cc2ccc(Cl)c(Cl)c2)nc1-c1ccccc1. The van der Waals surface area contributed by atoms with Crippen LogP contribution < -0.4 is 5.32 Å². The number of nitrogens with zero attached hydrogens (tertiary/aromatic N) is 3. The molecule has 0 aliphatic carbocycles. The maximum Gasteiger partial charge on any atom is 0.117 e. The Hall–Kier alpha value is -1.92. The molecule has 1 aromatic heterocycles. The van der Waals surface area contributed by atoms with Crippen molar-refractivity contribution in [2.24, 2.45) is 0 Å². The van der Waals surface area contributed by atoms with Gasteiger partial charge in [0.1, 0.15) is 11.4 Å². The maximum atomic E-state index is 8.86. The fraction of sp³-hybridized carbons (Fsp3) is 0.333. The first-order valence-electron chi connectivity index (χ1n) is 9.42. The number of aliphatic hydroxyl groups excluding tert-OH is 1. The van der Waals surface area contributed by atoms with Crippen molar-refractivity contribution in [1.82, 2.24) is 20.3 Å². The van der Waals surface area contributed by atoms with Gasteiger partial charge >= 0.3 is 0 Å². The summed E-state index contributed by atoms with van der Waals surface area (Å²) in [6.07, 6.45) is 2.88. The van der Waals surface area contributed by atoms with E-state index < -0.39 is 0 Å². The molecule has 0 bridgehead atoms. The summed E-state index contributed by atoms with van der Waals surface area (Å²) in [5.74, 6) is 0. The number of hydrogen-bond acceptors (Lipinski definition) is 4. The van der Waals surface area contributed by atoms with Crippen LogP contribution in [-0.4, -0.2) is 33.3 Å². The highest BCUT2D eigenvalue weighted by molar-refractivity contribution is 6.42. The van der Waals surface area contributed by atoms with E-state index in [0.717, 1.165) is 48.3 Å². The Balaban J connectivity index is 1.74. The Morgan fingerprint density at radius 3 is 2.50 bits per heavy atom. The summed E-state index contributed by atoms with van der Waals surface area (Å²) in [6.45, 7) is 2.30. The zero-order valence-electron chi connectivity index (χ0n) is 15.6. The highest BCUT2D eigenvalue weighted by Gasteiger charge is 2.13. The van der Waals surface area contributed by atoms with Gasteiger partial charge in [0.15, 0.2) is 0 Å². The van der Waals surface area contributed by atoms with Crippen molar-refractivity contribution in [3.05, 3.63) is 69.8 Å². The van der Waals surface area contributed by atoms with E-state index in [1.54, 1.807) is 10.9 Å². The molecule has 2 aromatic carbocycles. The molecule has 3 rings (SSSR count). The summed E-state index contributed by atoms with van der Waals surface area (Å²) in [5, 5.41) is 22.8. The quantitative estimate of drug-likeness (QED) is 0.473. The van der Waals surface area contributed by atoms with Crippen LogP contribution in [0.3, 0.4) is 0 Å². The highest BCUT2D eigenvalue weighted by Crippen LogP contribution is 2.24. The van der Waals surface area contributed by atoms with Gasteiger partial charge in [0.2, 0.25) is 0 Å². The lowest BCUT2D eigenvalue weighted by atomic mass is 10.1. The first-order chi connectivity index (χ1) is 13.7. The smallest absolute Gasteiger partial charge is 0.117 e. The standard InChI is InChI=1S/C21H24Cl2N4O/c22-18-10-9-16(13-19(18)23)15-27-25-20(14-24-11-5-2-6-12-28)21(26-27)17-7-3-1-4-8-17/h1,3-4,7-10,13,24,28H,2,5-6,11-12,14-15H2. The fourth-order valence-corrected chi connectivity index (χ4v) is 3.26. The number of aliphatic hydroxyl groups is 1. The van der Waals surface area contributed by atoms with E-state index in [9.17, 15) is 0 Å². The van der Waals surface area contributed by atoms with Crippen LogP contribution in [0, 0.1) is 0 Å². The van der Waals surface area contributed by atoms with E-state index in [0.29, 0.717) is 23.1 Å². The predicted molar refractivity (Wildman–Crippen MR) is 114 cm³/mol. The van der Waals surface area contributed by atoms with Crippen LogP contribution in [0.1, 0.15) is 30.5 Å². The second-order valence-corrected chi connectivity index (χ2v) is 7.42. The molecule has 0 spiro atoms. The molecule has 5 nitrogen and oxygen atoms in total. The van der Waals surface area contributed by atoms with Gasteiger partial charge in [0.25, 0.3) is 0 Å². The number of hydrogen-bond donors (Lipinski definition) is 2. The van der Waals surface area contributed by atoms with Crippen molar-refractivity contribution < 1.29 is 5.11 Å². The third-order valence-electron chi connectivity index (χ3n) is 4.38. The third-order valence-corrected chi connectivity index (χ3v) is 5.12. The van der Waals surface area contributed by atoms with Crippen molar-refractivity contribution in [1.29, 1.82) is 0 Å². The molecule has 0 fully saturated rings. The molecule has 0 unspecified atom stereocenters. The van der Waals surface area contributed by atoms with E-state index in [1.165, 1.54) is 0 Å². The molecular weight excluding hydrogens is 395 g/mol. The van der Waals surface area contributed by atoms with Gasteiger partial charge in [0.05, 0.1) is 16.6 Å². The van der Waals surface area contributed by atoms with Gasteiger partial charge in [-0.1, -0.05) is 59.6 Å². The summed E-state index contributed by atoms with van der Waals surface area (Å²) in [4.78, 5) is 1.70. The molecule has 0 aliphatic heterocycles. The average Bonchev–Trinajstić information content (AvgIpc) is 3.11. The molecule has 1 heterocycles. The second kappa shape index (κ2) is 10.6. The van der Waals surface area contributed by atoms with E-state index in [-0.39, 0.29) is 6.61 Å². The van der Waals surface area contributed by atoms with Crippen LogP contribution >= 0.6 is 23.2 Å². The van der Waals surface area contributed by atoms with Gasteiger partial charge in [-0.2, -0.15) is 15.0 Å². The monoisotopic (exact) mass is 418 g/mol. The first-order valence-corrected chi connectivity index (χ1v) is 10.2. The minimum absolute atomic E-state index is 0.251. The maximum absolute atomic E-state index is 8.86. The molecule has 0 saturated heterocycles. The number of benzene rings is 2. The predicted octanol–water partition coefficient (Wildman–Crippen LogP) is 4.55. The van der Waals surface area contributed by atoms with Crippen LogP contribution in [-0.2, 0) is 13.1 Å². The summed E-state index contributed by atoms with van der Waals surface area (Å²) in [5.41, 5.74) is 3.82. The summed E-state index contributed by atoms with van der Waals surface area (Å²) in [6, 6.07) is 15.6. The van der Waals surface area contributed by atoms with Gasteiger partial charge in [-0.15, -0.1) is 0 Å². The van der Waals surface area contributed by atoms with Gasteiger partial charge in [0, 0.05) is 18.7 Å². The molecule has 0 atom stereocenters. The van der Waals surface area contributed by atoms with Crippen LogP contribution in [0.25, 0.3) is 11.3 Å². The summed E-state index contributed by atoms with van der Waals surface area (Å²) in [7, 11) is 0. The lowest BCUT2D eigenvalue weighted by Crippen LogP contribution is -2.16. The Bertz CT molecular complexity index is 883. The molecule has 0 radical (unpaired) electrons. The Labute approximate surface area is 175 Å². The third kappa shape index (κ3) is 5.79. The number of halogens is 2. The number of aromatic nitrogens is 3. The highest BCUT2D eigenvalue weighted by atomic mass is 35.5. The van der Waals surface area contributed by atoms with Gasteiger partial charge < -0.3 is 10.4 Å². The molecule has 2 N–H and O–H groups in total. The van der Waals surface area contributed by atoms with Crippen LogP contribution in [0.4, 0.5) is 0 Å². The Kier molecular flexibility index (Phi) is 7.86. The van der Waals surface area contributed by atoms with Crippen molar-refractivity contribution in [3.63, 3.8) is 0 Å². The normalized spacial score (nSPS) is 11.1. The molecule has 0 amide bonds. The molecule has 0 aliphatic rings. The largest absolute Gasteiger partial charge is 0.396 e. The molecule has 7 heteroatoms. The van der Waals surface area contributed by atoms with Crippen LogP contribution in [0.15, 0.2) is 48.5 Å². The summed E-state index contributed by atoms with van der Waals surface area (Å²) < 4.78 is 0. The van der Waals surface area contributed by atoms with Gasteiger partial charge in [-0.05, 0) is 43.5 Å². The van der Waals surface area contributed by atoms with E-state index >= 15 is 0 Å². The number of nitrogens with one attached hydrogen (secondary N) is 1. The van der Waals surface area contributed by atoms with Crippen molar-refractivity contribution >= 4 is 23.2 Å². The van der Waals surface area contributed by atoms with Crippen molar-refractivity contribution in [3.8, 4) is 11.3 Å². The average molecular weight is 419 g/mol. The first kappa shape index (κ1) is 20.8.